The number of halogens is 3. The average molecular weight is 612 g/mol. The monoisotopic (exact) mass is 611 g/mol. The van der Waals surface area contributed by atoms with E-state index in [1.165, 1.54) is 6.21 Å². The first-order valence-electron chi connectivity index (χ1n) is 14.1. The van der Waals surface area contributed by atoms with Gasteiger partial charge in [-0.05, 0) is 66.5 Å². The van der Waals surface area contributed by atoms with Crippen molar-refractivity contribution in [1.29, 1.82) is 0 Å². The number of phosphoric ester groups is 1. The standard InChI is InChI=1S/C29H37F3N3O6P/c30-29(31,32)26-15-20(8-11-25(26)22-6-2-1-3-7-22)18-40-34-13-12-23-9-10-24(16-27(23)33)28(36)35-14-4-5-21(17-35)19-41-42(37,38)39/h8-11,13,15-16,21-22H,1-7,12,14,17-19,33H2,(H2,37,38,39)/b34-13+. The van der Waals surface area contributed by atoms with Crippen molar-refractivity contribution < 1.29 is 41.7 Å². The van der Waals surface area contributed by atoms with Crippen LogP contribution in [0, 0.1) is 5.92 Å². The molecule has 1 unspecified atom stereocenters. The summed E-state index contributed by atoms with van der Waals surface area (Å²) < 4.78 is 56.9. The van der Waals surface area contributed by atoms with Crippen molar-refractivity contribution in [3.63, 3.8) is 0 Å². The highest BCUT2D eigenvalue weighted by atomic mass is 31.2. The molecule has 230 valence electrons. The van der Waals surface area contributed by atoms with Gasteiger partial charge < -0.3 is 25.3 Å². The van der Waals surface area contributed by atoms with Crippen LogP contribution in [0.3, 0.4) is 0 Å². The number of nitrogen functional groups attached to an aromatic ring is 1. The minimum atomic E-state index is -4.57. The number of alkyl halides is 3. The SMILES string of the molecule is Nc1cc(C(=O)N2CCCC(COP(=O)(O)O)C2)ccc1C/C=N/OCc1ccc(C2CCCCC2)c(C(F)(F)F)c1. The number of oxime groups is 1. The molecule has 0 bridgehead atoms. The molecule has 2 aliphatic rings. The summed E-state index contributed by atoms with van der Waals surface area (Å²) in [5.41, 5.74) is 7.77. The Labute approximate surface area is 243 Å². The predicted molar refractivity (Wildman–Crippen MR) is 152 cm³/mol. The van der Waals surface area contributed by atoms with Gasteiger partial charge in [0.1, 0.15) is 6.61 Å². The van der Waals surface area contributed by atoms with E-state index in [-0.39, 0.29) is 31.0 Å². The molecule has 0 aromatic heterocycles. The Balaban J connectivity index is 1.30. The number of benzene rings is 2. The summed E-state index contributed by atoms with van der Waals surface area (Å²) in [6.45, 7) is 0.595. The quantitative estimate of drug-likeness (QED) is 0.129. The van der Waals surface area contributed by atoms with E-state index in [2.05, 4.69) is 9.68 Å². The Bertz CT molecular complexity index is 1310. The number of carbonyl (C=O) groups is 1. The number of piperidine rings is 1. The molecule has 1 atom stereocenters. The number of rotatable bonds is 10. The molecule has 1 saturated heterocycles. The summed E-state index contributed by atoms with van der Waals surface area (Å²) in [7, 11) is -4.57. The summed E-state index contributed by atoms with van der Waals surface area (Å²) in [6.07, 6.45) is 3.21. The predicted octanol–water partition coefficient (Wildman–Crippen LogP) is 6.04. The second-order valence-corrected chi connectivity index (χ2v) is 12.2. The molecule has 1 aliphatic carbocycles. The summed E-state index contributed by atoms with van der Waals surface area (Å²) in [5, 5.41) is 3.88. The number of nitrogens with zero attached hydrogens (tertiary/aromatic N) is 2. The van der Waals surface area contributed by atoms with Crippen LogP contribution >= 0.6 is 7.82 Å². The lowest BCUT2D eigenvalue weighted by atomic mass is 9.81. The second-order valence-electron chi connectivity index (χ2n) is 11.0. The molecule has 2 aromatic carbocycles. The van der Waals surface area contributed by atoms with Gasteiger partial charge in [0, 0.05) is 42.9 Å². The fraction of sp³-hybridized carbons (Fsp3) is 0.517. The molecular formula is C29H37F3N3O6P. The van der Waals surface area contributed by atoms with Crippen molar-refractivity contribution in [3.8, 4) is 0 Å². The van der Waals surface area contributed by atoms with Crippen LogP contribution in [0.15, 0.2) is 41.6 Å². The number of hydrogen-bond acceptors (Lipinski definition) is 6. The third kappa shape index (κ3) is 9.04. The summed E-state index contributed by atoms with van der Waals surface area (Å²) >= 11 is 0. The number of likely N-dealkylation sites (tertiary alicyclic amines) is 1. The van der Waals surface area contributed by atoms with E-state index in [9.17, 15) is 22.5 Å². The third-order valence-electron chi connectivity index (χ3n) is 7.84. The van der Waals surface area contributed by atoms with E-state index in [1.807, 2.05) is 0 Å². The number of carbonyl (C=O) groups excluding carboxylic acids is 1. The van der Waals surface area contributed by atoms with Crippen molar-refractivity contribution >= 4 is 25.6 Å². The highest BCUT2D eigenvalue weighted by Crippen LogP contribution is 2.41. The smallest absolute Gasteiger partial charge is 0.398 e. The second kappa shape index (κ2) is 14.0. The molecule has 2 aromatic rings. The molecule has 1 saturated carbocycles. The van der Waals surface area contributed by atoms with E-state index in [0.717, 1.165) is 38.2 Å². The average Bonchev–Trinajstić information content (AvgIpc) is 2.96. The van der Waals surface area contributed by atoms with Crippen molar-refractivity contribution in [2.45, 2.75) is 70.1 Å². The fourth-order valence-corrected chi connectivity index (χ4v) is 6.10. The number of nitrogens with two attached hydrogens (primary N) is 1. The first-order valence-corrected chi connectivity index (χ1v) is 15.7. The van der Waals surface area contributed by atoms with E-state index in [1.54, 1.807) is 35.2 Å². The van der Waals surface area contributed by atoms with Crippen LogP contribution < -0.4 is 5.73 Å². The van der Waals surface area contributed by atoms with Crippen molar-refractivity contribution in [2.75, 3.05) is 25.4 Å². The van der Waals surface area contributed by atoms with Gasteiger partial charge in [-0.25, -0.2) is 4.57 Å². The maximum absolute atomic E-state index is 13.8. The first kappa shape index (κ1) is 32.0. The lowest BCUT2D eigenvalue weighted by Gasteiger charge is -2.32. The lowest BCUT2D eigenvalue weighted by molar-refractivity contribution is -0.138. The van der Waals surface area contributed by atoms with Crippen molar-refractivity contribution in [1.82, 2.24) is 4.90 Å². The number of hydrogen-bond donors (Lipinski definition) is 3. The van der Waals surface area contributed by atoms with Gasteiger partial charge in [-0.3, -0.25) is 9.32 Å². The molecule has 1 amide bonds. The molecule has 2 fully saturated rings. The van der Waals surface area contributed by atoms with E-state index in [4.69, 9.17) is 20.4 Å². The van der Waals surface area contributed by atoms with Gasteiger partial charge in [-0.15, -0.1) is 0 Å². The van der Waals surface area contributed by atoms with Gasteiger partial charge in [0.2, 0.25) is 0 Å². The van der Waals surface area contributed by atoms with Gasteiger partial charge in [-0.1, -0.05) is 42.6 Å². The summed E-state index contributed by atoms with van der Waals surface area (Å²) in [6, 6.07) is 9.30. The van der Waals surface area contributed by atoms with E-state index in [0.29, 0.717) is 60.3 Å². The summed E-state index contributed by atoms with van der Waals surface area (Å²) in [4.78, 5) is 37.7. The van der Waals surface area contributed by atoms with Gasteiger partial charge in [0.05, 0.1) is 12.2 Å². The third-order valence-corrected chi connectivity index (χ3v) is 8.32. The number of amides is 1. The zero-order valence-electron chi connectivity index (χ0n) is 23.3. The van der Waals surface area contributed by atoms with E-state index >= 15 is 0 Å². The Hall–Kier alpha value is -2.92. The molecule has 1 aliphatic heterocycles. The summed E-state index contributed by atoms with van der Waals surface area (Å²) in [5.74, 6) is -0.487. The Kier molecular flexibility index (Phi) is 10.7. The van der Waals surface area contributed by atoms with Crippen LogP contribution in [-0.2, 0) is 33.1 Å². The van der Waals surface area contributed by atoms with Crippen LogP contribution in [0.25, 0.3) is 0 Å². The maximum atomic E-state index is 13.8. The largest absolute Gasteiger partial charge is 0.469 e. The van der Waals surface area contributed by atoms with Crippen molar-refractivity contribution in [3.05, 3.63) is 64.2 Å². The Morgan fingerprint density at radius 2 is 1.86 bits per heavy atom. The zero-order chi connectivity index (χ0) is 30.3. The number of phosphoric acid groups is 1. The minimum Gasteiger partial charge on any atom is -0.398 e. The fourth-order valence-electron chi connectivity index (χ4n) is 5.69. The normalized spacial score (nSPS) is 18.9. The molecule has 13 heteroatoms. The molecule has 0 spiro atoms. The maximum Gasteiger partial charge on any atom is 0.469 e. The molecular weight excluding hydrogens is 574 g/mol. The molecule has 4 rings (SSSR count). The topological polar surface area (TPSA) is 135 Å². The van der Waals surface area contributed by atoms with Crippen LogP contribution in [0.1, 0.15) is 83.5 Å². The molecule has 0 radical (unpaired) electrons. The first-order chi connectivity index (χ1) is 19.9. The Morgan fingerprint density at radius 1 is 1.10 bits per heavy atom. The highest BCUT2D eigenvalue weighted by Gasteiger charge is 2.36. The van der Waals surface area contributed by atoms with Gasteiger partial charge in [0.25, 0.3) is 5.91 Å². The van der Waals surface area contributed by atoms with Gasteiger partial charge in [0.15, 0.2) is 0 Å². The lowest BCUT2D eigenvalue weighted by Crippen LogP contribution is -2.41. The van der Waals surface area contributed by atoms with Gasteiger partial charge in [-0.2, -0.15) is 13.2 Å². The molecule has 9 nitrogen and oxygen atoms in total. The highest BCUT2D eigenvalue weighted by molar-refractivity contribution is 7.46. The van der Waals surface area contributed by atoms with Crippen LogP contribution in [0.4, 0.5) is 18.9 Å². The van der Waals surface area contributed by atoms with Crippen LogP contribution in [-0.4, -0.2) is 46.5 Å². The molecule has 4 N–H and O–H groups in total. The number of anilines is 1. The van der Waals surface area contributed by atoms with Crippen molar-refractivity contribution in [2.24, 2.45) is 11.1 Å². The molecule has 1 heterocycles. The minimum absolute atomic E-state index is 0.0672. The Morgan fingerprint density at radius 3 is 2.55 bits per heavy atom. The van der Waals surface area contributed by atoms with Gasteiger partial charge >= 0.3 is 14.0 Å². The zero-order valence-corrected chi connectivity index (χ0v) is 24.2. The molecule has 42 heavy (non-hydrogen) atoms. The van der Waals surface area contributed by atoms with Crippen LogP contribution in [0.5, 0.6) is 0 Å². The van der Waals surface area contributed by atoms with E-state index < -0.39 is 19.6 Å². The van der Waals surface area contributed by atoms with Crippen LogP contribution in [0.2, 0.25) is 0 Å².